The van der Waals surface area contributed by atoms with Crippen molar-refractivity contribution in [2.45, 2.75) is 31.6 Å². The van der Waals surface area contributed by atoms with Crippen molar-refractivity contribution in [1.82, 2.24) is 15.5 Å². The van der Waals surface area contributed by atoms with E-state index in [-0.39, 0.29) is 35.8 Å². The van der Waals surface area contributed by atoms with Crippen LogP contribution in [0.15, 0.2) is 22.5 Å². The van der Waals surface area contributed by atoms with Gasteiger partial charge in [-0.1, -0.05) is 6.07 Å². The molecule has 2 heterocycles. The molecule has 0 aromatic carbocycles. The van der Waals surface area contributed by atoms with E-state index in [2.05, 4.69) is 38.0 Å². The minimum absolute atomic E-state index is 0. The van der Waals surface area contributed by atoms with Gasteiger partial charge in [-0.3, -0.25) is 9.89 Å². The lowest BCUT2D eigenvalue weighted by molar-refractivity contribution is 0.0177. The Balaban J connectivity index is 0.00000392. The summed E-state index contributed by atoms with van der Waals surface area (Å²) in [6.45, 7) is 9.52. The first-order valence-corrected chi connectivity index (χ1v) is 11.8. The van der Waals surface area contributed by atoms with Gasteiger partial charge in [0.1, 0.15) is 0 Å². The lowest BCUT2D eigenvalue weighted by atomic mass is 10.2. The Labute approximate surface area is 190 Å². The Morgan fingerprint density at radius 2 is 2.00 bits per heavy atom. The number of ether oxygens (including phenoxy) is 1. The molecule has 1 aliphatic rings. The van der Waals surface area contributed by atoms with Crippen molar-refractivity contribution in [2.75, 3.05) is 52.2 Å². The number of halogens is 1. The standard InChI is InChI=1S/C18H32N4O3S2.HI/c1-18(2,3)27(23,24)13-7-20-17(19-4)21-14-15(16-6-5-12-26-16)22-8-10-25-11-9-22;/h5-6,12,15H,7-11,13-14H2,1-4H3,(H2,19,20,21);1H. The number of rotatable bonds is 7. The first-order chi connectivity index (χ1) is 12.7. The molecule has 0 bridgehead atoms. The molecule has 2 rings (SSSR count). The summed E-state index contributed by atoms with van der Waals surface area (Å²) in [4.78, 5) is 7.95. The third-order valence-electron chi connectivity index (χ3n) is 4.64. The highest BCUT2D eigenvalue weighted by Crippen LogP contribution is 2.25. The van der Waals surface area contributed by atoms with Gasteiger partial charge in [-0.05, 0) is 32.2 Å². The van der Waals surface area contributed by atoms with Gasteiger partial charge in [0.2, 0.25) is 0 Å². The van der Waals surface area contributed by atoms with Crippen LogP contribution in [0.4, 0.5) is 0 Å². The first-order valence-electron chi connectivity index (χ1n) is 9.26. The molecule has 1 fully saturated rings. The summed E-state index contributed by atoms with van der Waals surface area (Å²) in [7, 11) is -1.45. The Bertz CT molecular complexity index is 697. The van der Waals surface area contributed by atoms with Crippen molar-refractivity contribution in [3.05, 3.63) is 22.4 Å². The molecule has 1 unspecified atom stereocenters. The van der Waals surface area contributed by atoms with Crippen LogP contribution in [0.3, 0.4) is 0 Å². The average Bonchev–Trinajstić information content (AvgIpc) is 3.14. The van der Waals surface area contributed by atoms with Crippen molar-refractivity contribution >= 4 is 51.1 Å². The minimum atomic E-state index is -3.15. The van der Waals surface area contributed by atoms with Gasteiger partial charge in [-0.25, -0.2) is 8.42 Å². The zero-order valence-electron chi connectivity index (χ0n) is 17.1. The number of morpholine rings is 1. The number of guanidine groups is 1. The molecule has 2 N–H and O–H groups in total. The monoisotopic (exact) mass is 544 g/mol. The van der Waals surface area contributed by atoms with E-state index in [0.29, 0.717) is 19.0 Å². The van der Waals surface area contributed by atoms with E-state index in [1.165, 1.54) is 4.88 Å². The van der Waals surface area contributed by atoms with E-state index >= 15 is 0 Å². The van der Waals surface area contributed by atoms with Gasteiger partial charge in [0, 0.05) is 38.1 Å². The number of nitrogens with zero attached hydrogens (tertiary/aromatic N) is 2. The van der Waals surface area contributed by atoms with E-state index < -0.39 is 14.6 Å². The zero-order chi connectivity index (χ0) is 19.9. The molecule has 0 amide bonds. The van der Waals surface area contributed by atoms with Crippen molar-refractivity contribution in [3.8, 4) is 0 Å². The third-order valence-corrected chi connectivity index (χ3v) is 8.22. The van der Waals surface area contributed by atoms with Gasteiger partial charge in [-0.15, -0.1) is 35.3 Å². The summed E-state index contributed by atoms with van der Waals surface area (Å²) in [6.07, 6.45) is 0. The van der Waals surface area contributed by atoms with Gasteiger partial charge in [0.25, 0.3) is 0 Å². The zero-order valence-corrected chi connectivity index (χ0v) is 21.1. The quantitative estimate of drug-likeness (QED) is 0.311. The molecule has 1 atom stereocenters. The fraction of sp³-hybridized carbons (Fsp3) is 0.722. The maximum atomic E-state index is 12.2. The van der Waals surface area contributed by atoms with Gasteiger partial charge in [-0.2, -0.15) is 0 Å². The minimum Gasteiger partial charge on any atom is -0.379 e. The number of hydrogen-bond acceptors (Lipinski definition) is 6. The molecule has 1 aromatic heterocycles. The summed E-state index contributed by atoms with van der Waals surface area (Å²) in [5.74, 6) is 0.698. The summed E-state index contributed by atoms with van der Waals surface area (Å²) >= 11 is 1.75. The number of thiophene rings is 1. The Hall–Kier alpha value is -0.430. The number of hydrogen-bond donors (Lipinski definition) is 2. The highest BCUT2D eigenvalue weighted by atomic mass is 127. The first kappa shape index (κ1) is 25.6. The van der Waals surface area contributed by atoms with Gasteiger partial charge >= 0.3 is 0 Å². The van der Waals surface area contributed by atoms with E-state index in [1.807, 2.05) is 0 Å². The molecule has 162 valence electrons. The van der Waals surface area contributed by atoms with Gasteiger partial charge < -0.3 is 15.4 Å². The molecule has 1 saturated heterocycles. The van der Waals surface area contributed by atoms with Crippen LogP contribution in [0.1, 0.15) is 31.7 Å². The smallest absolute Gasteiger partial charge is 0.191 e. The molecule has 0 radical (unpaired) electrons. The van der Waals surface area contributed by atoms with E-state index in [4.69, 9.17) is 4.74 Å². The third kappa shape index (κ3) is 7.43. The highest BCUT2D eigenvalue weighted by Gasteiger charge is 2.28. The second-order valence-corrected chi connectivity index (χ2v) is 11.3. The van der Waals surface area contributed by atoms with Crippen LogP contribution in [-0.4, -0.2) is 76.2 Å². The van der Waals surface area contributed by atoms with Gasteiger partial charge in [0.05, 0.1) is 29.8 Å². The number of aliphatic imine (C=N–C) groups is 1. The maximum Gasteiger partial charge on any atom is 0.191 e. The summed E-state index contributed by atoms with van der Waals surface area (Å²) in [5, 5.41) is 8.56. The molecule has 28 heavy (non-hydrogen) atoms. The highest BCUT2D eigenvalue weighted by molar-refractivity contribution is 14.0. The van der Waals surface area contributed by atoms with E-state index in [0.717, 1.165) is 26.3 Å². The maximum absolute atomic E-state index is 12.2. The van der Waals surface area contributed by atoms with Crippen molar-refractivity contribution in [2.24, 2.45) is 4.99 Å². The molecule has 0 saturated carbocycles. The normalized spacial score (nSPS) is 17.6. The topological polar surface area (TPSA) is 83.0 Å². The molecular weight excluding hydrogens is 511 g/mol. The van der Waals surface area contributed by atoms with Gasteiger partial charge in [0.15, 0.2) is 15.8 Å². The molecule has 1 aliphatic heterocycles. The summed E-state index contributed by atoms with van der Waals surface area (Å²) < 4.78 is 29.2. The average molecular weight is 545 g/mol. The fourth-order valence-electron chi connectivity index (χ4n) is 2.80. The van der Waals surface area contributed by atoms with Crippen LogP contribution in [0.5, 0.6) is 0 Å². The number of sulfone groups is 1. The SMILES string of the molecule is CN=C(NCCS(=O)(=O)C(C)(C)C)NCC(c1cccs1)N1CCOCC1.I. The van der Waals surface area contributed by atoms with Crippen molar-refractivity contribution in [3.63, 3.8) is 0 Å². The molecule has 1 aromatic rings. The second-order valence-electron chi connectivity index (χ2n) is 7.49. The van der Waals surface area contributed by atoms with Crippen LogP contribution in [0.25, 0.3) is 0 Å². The predicted molar refractivity (Wildman–Crippen MR) is 128 cm³/mol. The predicted octanol–water partition coefficient (Wildman–Crippen LogP) is 2.12. The molecule has 0 aliphatic carbocycles. The van der Waals surface area contributed by atoms with Crippen molar-refractivity contribution < 1.29 is 13.2 Å². The number of nitrogens with one attached hydrogen (secondary N) is 2. The molecule has 0 spiro atoms. The Morgan fingerprint density at radius 1 is 1.32 bits per heavy atom. The Kier molecular flexibility index (Phi) is 10.7. The van der Waals surface area contributed by atoms with Crippen LogP contribution in [0.2, 0.25) is 0 Å². The Morgan fingerprint density at radius 3 is 2.54 bits per heavy atom. The molecule has 7 nitrogen and oxygen atoms in total. The van der Waals surface area contributed by atoms with E-state index in [1.54, 1.807) is 39.2 Å². The van der Waals surface area contributed by atoms with Crippen LogP contribution in [0, 0.1) is 0 Å². The second kappa shape index (κ2) is 11.7. The molecule has 10 heteroatoms. The van der Waals surface area contributed by atoms with Crippen LogP contribution >= 0.6 is 35.3 Å². The fourth-order valence-corrected chi connectivity index (χ4v) is 4.65. The largest absolute Gasteiger partial charge is 0.379 e. The lowest BCUT2D eigenvalue weighted by Crippen LogP contribution is -2.47. The lowest BCUT2D eigenvalue weighted by Gasteiger charge is -2.34. The summed E-state index contributed by atoms with van der Waals surface area (Å²) in [5.41, 5.74) is 0. The van der Waals surface area contributed by atoms with Crippen LogP contribution < -0.4 is 10.6 Å². The molecular formula is C18H33IN4O3S2. The van der Waals surface area contributed by atoms with Crippen LogP contribution in [-0.2, 0) is 14.6 Å². The van der Waals surface area contributed by atoms with Crippen molar-refractivity contribution in [1.29, 1.82) is 0 Å². The summed E-state index contributed by atoms with van der Waals surface area (Å²) in [6, 6.07) is 4.46. The van der Waals surface area contributed by atoms with E-state index in [9.17, 15) is 8.42 Å².